The molecule has 0 unspecified atom stereocenters. The highest BCUT2D eigenvalue weighted by atomic mass is 16.3. The summed E-state index contributed by atoms with van der Waals surface area (Å²) in [7, 11) is 0. The molecule has 198 valence electrons. The first-order valence-corrected chi connectivity index (χ1v) is 14.0. The minimum atomic E-state index is -0.421. The van der Waals surface area contributed by atoms with Gasteiger partial charge in [-0.15, -0.1) is 0 Å². The standard InChI is InChI=1S/C41H28O/c1-41(2)35-17-9-7-11-27(35)28-21-19-26(24-36(28)41)40-32-15-5-3-13-30(32)39(31-14-4-6-16-33(31)40)25-20-22-38-34(23-25)29-12-8-10-18-37(29)42-38/h3-24H,1-2H3/i3D,4D,5D,6D,13D,14D,15D,16D. The van der Waals surface area contributed by atoms with Gasteiger partial charge in [-0.2, -0.15) is 0 Å². The predicted molar refractivity (Wildman–Crippen MR) is 177 cm³/mol. The van der Waals surface area contributed by atoms with Gasteiger partial charge < -0.3 is 4.42 Å². The summed E-state index contributed by atoms with van der Waals surface area (Å²) in [6.07, 6.45) is 0. The van der Waals surface area contributed by atoms with Crippen LogP contribution in [0.2, 0.25) is 0 Å². The Morgan fingerprint density at radius 1 is 0.500 bits per heavy atom. The second-order valence-electron chi connectivity index (χ2n) is 11.5. The van der Waals surface area contributed by atoms with Crippen LogP contribution < -0.4 is 0 Å². The summed E-state index contributed by atoms with van der Waals surface area (Å²) >= 11 is 0. The first-order chi connectivity index (χ1) is 23.9. The van der Waals surface area contributed by atoms with Gasteiger partial charge in [0, 0.05) is 16.2 Å². The Labute approximate surface area is 255 Å². The van der Waals surface area contributed by atoms with Gasteiger partial charge in [0.15, 0.2) is 0 Å². The highest BCUT2D eigenvalue weighted by Crippen LogP contribution is 2.51. The zero-order valence-corrected chi connectivity index (χ0v) is 23.0. The van der Waals surface area contributed by atoms with Crippen LogP contribution in [0.15, 0.2) is 138 Å². The molecule has 7 aromatic carbocycles. The largest absolute Gasteiger partial charge is 0.456 e. The van der Waals surface area contributed by atoms with E-state index >= 15 is 0 Å². The maximum absolute atomic E-state index is 9.32. The SMILES string of the molecule is [2H]c1c([2H])c([2H])c2c(-c3ccc4oc5ccccc5c4c3)c3c([2H])c([2H])c([2H])c([2H])c3c(-c3ccc4c(c3)C(C)(C)c3ccccc3-4)c2c1[2H]. The van der Waals surface area contributed by atoms with Crippen LogP contribution in [0.3, 0.4) is 0 Å². The van der Waals surface area contributed by atoms with Crippen LogP contribution in [0.1, 0.15) is 35.9 Å². The van der Waals surface area contributed by atoms with E-state index in [4.69, 9.17) is 9.90 Å². The van der Waals surface area contributed by atoms with Crippen molar-refractivity contribution in [2.45, 2.75) is 19.3 Å². The molecular formula is C41H28O. The molecule has 0 N–H and O–H groups in total. The van der Waals surface area contributed by atoms with Gasteiger partial charge in [0.25, 0.3) is 0 Å². The quantitative estimate of drug-likeness (QED) is 0.197. The normalized spacial score (nSPS) is 16.3. The predicted octanol–water partition coefficient (Wildman–Crippen LogP) is 11.5. The van der Waals surface area contributed by atoms with E-state index in [1.54, 1.807) is 12.1 Å². The van der Waals surface area contributed by atoms with Crippen LogP contribution in [0.4, 0.5) is 0 Å². The molecule has 1 aromatic heterocycles. The molecule has 0 amide bonds. The van der Waals surface area contributed by atoms with Crippen molar-refractivity contribution in [1.82, 2.24) is 0 Å². The monoisotopic (exact) mass is 544 g/mol. The van der Waals surface area contributed by atoms with Gasteiger partial charge in [0.05, 0.1) is 11.0 Å². The summed E-state index contributed by atoms with van der Waals surface area (Å²) in [4.78, 5) is 0. The lowest BCUT2D eigenvalue weighted by Gasteiger charge is -2.23. The number of hydrogen-bond donors (Lipinski definition) is 0. The lowest BCUT2D eigenvalue weighted by Crippen LogP contribution is -2.14. The summed E-state index contributed by atoms with van der Waals surface area (Å²) in [5.41, 5.74) is 7.14. The van der Waals surface area contributed by atoms with Crippen molar-refractivity contribution in [2.75, 3.05) is 0 Å². The molecule has 0 spiro atoms. The third kappa shape index (κ3) is 3.14. The molecule has 0 atom stereocenters. The van der Waals surface area contributed by atoms with Gasteiger partial charge in [-0.05, 0) is 90.3 Å². The fourth-order valence-electron chi connectivity index (χ4n) is 6.94. The number of para-hydroxylation sites is 1. The highest BCUT2D eigenvalue weighted by Gasteiger charge is 2.35. The van der Waals surface area contributed by atoms with Crippen molar-refractivity contribution in [3.8, 4) is 33.4 Å². The average Bonchev–Trinajstić information content (AvgIpc) is 3.61. The maximum Gasteiger partial charge on any atom is 0.135 e. The Balaban J connectivity index is 1.50. The number of benzene rings is 7. The molecule has 1 nitrogen and oxygen atoms in total. The molecule has 1 aliphatic carbocycles. The number of hydrogen-bond acceptors (Lipinski definition) is 1. The molecule has 9 rings (SSSR count). The molecule has 0 saturated carbocycles. The summed E-state index contributed by atoms with van der Waals surface area (Å²) in [5.74, 6) is 0. The van der Waals surface area contributed by atoms with Crippen LogP contribution in [0.25, 0.3) is 76.9 Å². The van der Waals surface area contributed by atoms with Gasteiger partial charge in [0.1, 0.15) is 11.2 Å². The van der Waals surface area contributed by atoms with Crippen LogP contribution in [0.5, 0.6) is 0 Å². The Kier molecular flexibility index (Phi) is 3.41. The highest BCUT2D eigenvalue weighted by molar-refractivity contribution is 6.22. The fraction of sp³-hybridized carbons (Fsp3) is 0.0732. The number of furan rings is 1. The van der Waals surface area contributed by atoms with Gasteiger partial charge in [0.2, 0.25) is 0 Å². The van der Waals surface area contributed by atoms with Crippen LogP contribution >= 0.6 is 0 Å². The second kappa shape index (κ2) is 8.44. The summed E-state index contributed by atoms with van der Waals surface area (Å²) in [5, 5.41) is 2.44. The fourth-order valence-corrected chi connectivity index (χ4v) is 6.94. The van der Waals surface area contributed by atoms with E-state index in [2.05, 4.69) is 26.0 Å². The minimum absolute atomic E-state index is 0.193. The lowest BCUT2D eigenvalue weighted by atomic mass is 9.80. The third-order valence-corrected chi connectivity index (χ3v) is 8.91. The number of rotatable bonds is 2. The Morgan fingerprint density at radius 2 is 1.05 bits per heavy atom. The van der Waals surface area contributed by atoms with E-state index in [-0.39, 0.29) is 51.1 Å². The molecule has 1 aliphatic rings. The molecule has 0 aliphatic heterocycles. The average molecular weight is 545 g/mol. The van der Waals surface area contributed by atoms with Gasteiger partial charge in [-0.1, -0.05) is 123 Å². The van der Waals surface area contributed by atoms with Crippen molar-refractivity contribution in [3.05, 3.63) is 144 Å². The van der Waals surface area contributed by atoms with E-state index in [0.717, 1.165) is 27.5 Å². The van der Waals surface area contributed by atoms with Crippen molar-refractivity contribution >= 4 is 43.5 Å². The van der Waals surface area contributed by atoms with Crippen molar-refractivity contribution in [1.29, 1.82) is 0 Å². The molecule has 0 fully saturated rings. The molecule has 0 saturated heterocycles. The zero-order chi connectivity index (χ0) is 35.0. The van der Waals surface area contributed by atoms with E-state index in [1.165, 1.54) is 5.56 Å². The Morgan fingerprint density at radius 3 is 1.76 bits per heavy atom. The summed E-state index contributed by atoms with van der Waals surface area (Å²) in [6.45, 7) is 4.29. The van der Waals surface area contributed by atoms with E-state index in [1.807, 2.05) is 60.7 Å². The molecule has 0 bridgehead atoms. The zero-order valence-electron chi connectivity index (χ0n) is 31.0. The minimum Gasteiger partial charge on any atom is -0.456 e. The van der Waals surface area contributed by atoms with E-state index < -0.39 is 24.2 Å². The van der Waals surface area contributed by atoms with Gasteiger partial charge in [-0.25, -0.2) is 0 Å². The first kappa shape index (κ1) is 17.0. The van der Waals surface area contributed by atoms with Crippen LogP contribution in [0, 0.1) is 0 Å². The van der Waals surface area contributed by atoms with Crippen molar-refractivity contribution in [3.63, 3.8) is 0 Å². The molecule has 1 heteroatoms. The van der Waals surface area contributed by atoms with Crippen LogP contribution in [-0.2, 0) is 5.41 Å². The molecular weight excluding hydrogens is 508 g/mol. The summed E-state index contributed by atoms with van der Waals surface area (Å²) in [6, 6.07) is 24.5. The topological polar surface area (TPSA) is 13.1 Å². The third-order valence-electron chi connectivity index (χ3n) is 8.91. The van der Waals surface area contributed by atoms with Gasteiger partial charge in [-0.3, -0.25) is 0 Å². The number of fused-ring (bicyclic) bond motifs is 8. The van der Waals surface area contributed by atoms with E-state index in [0.29, 0.717) is 33.4 Å². The van der Waals surface area contributed by atoms with Crippen molar-refractivity contribution < 1.29 is 15.4 Å². The Bertz CT molecular complexity index is 2750. The van der Waals surface area contributed by atoms with Crippen LogP contribution in [-0.4, -0.2) is 0 Å². The van der Waals surface area contributed by atoms with Gasteiger partial charge >= 0.3 is 0 Å². The van der Waals surface area contributed by atoms with E-state index in [9.17, 15) is 5.48 Å². The lowest BCUT2D eigenvalue weighted by molar-refractivity contribution is 0.660. The smallest absolute Gasteiger partial charge is 0.135 e. The maximum atomic E-state index is 9.32. The Hall–Kier alpha value is -5.14. The second-order valence-corrected chi connectivity index (χ2v) is 11.5. The van der Waals surface area contributed by atoms with Crippen molar-refractivity contribution in [2.24, 2.45) is 0 Å². The molecule has 1 heterocycles. The molecule has 42 heavy (non-hydrogen) atoms. The summed E-state index contributed by atoms with van der Waals surface area (Å²) < 4.78 is 78.4. The first-order valence-electron chi connectivity index (χ1n) is 18.0. The molecule has 0 radical (unpaired) electrons. The molecule has 8 aromatic rings.